The number of benzene rings is 2. The smallest absolute Gasteiger partial charge is 0.280 e. The Labute approximate surface area is 139 Å². The fourth-order valence-corrected chi connectivity index (χ4v) is 2.98. The molecule has 0 saturated carbocycles. The summed E-state index contributed by atoms with van der Waals surface area (Å²) in [5, 5.41) is 0.144. The van der Waals surface area contributed by atoms with E-state index >= 15 is 0 Å². The number of rotatable bonds is 4. The third-order valence-corrected chi connectivity index (χ3v) is 4.32. The van der Waals surface area contributed by atoms with Crippen LogP contribution >= 0.6 is 11.8 Å². The lowest BCUT2D eigenvalue weighted by Crippen LogP contribution is -2.20. The van der Waals surface area contributed by atoms with Crippen molar-refractivity contribution in [2.45, 2.75) is 10.8 Å². The summed E-state index contributed by atoms with van der Waals surface area (Å²) in [4.78, 5) is 16.4. The maximum absolute atomic E-state index is 13.6. The summed E-state index contributed by atoms with van der Waals surface area (Å²) in [5.41, 5.74) is 0.158. The van der Waals surface area contributed by atoms with Crippen LogP contribution in [-0.4, -0.2) is 9.55 Å². The van der Waals surface area contributed by atoms with Crippen molar-refractivity contribution in [1.29, 1.82) is 0 Å². The molecule has 0 saturated heterocycles. The number of aromatic nitrogens is 2. The van der Waals surface area contributed by atoms with Crippen LogP contribution in [0.2, 0.25) is 0 Å². The Morgan fingerprint density at radius 1 is 1.00 bits per heavy atom. The first-order valence-corrected chi connectivity index (χ1v) is 7.94. The zero-order valence-electron chi connectivity index (χ0n) is 12.2. The molecular formula is C17H11F3N2OS. The van der Waals surface area contributed by atoms with Crippen LogP contribution in [-0.2, 0) is 5.75 Å². The van der Waals surface area contributed by atoms with Crippen molar-refractivity contribution < 1.29 is 13.2 Å². The highest BCUT2D eigenvalue weighted by molar-refractivity contribution is 7.98. The van der Waals surface area contributed by atoms with Gasteiger partial charge in [-0.25, -0.2) is 18.2 Å². The first-order chi connectivity index (χ1) is 11.6. The van der Waals surface area contributed by atoms with Crippen LogP contribution in [0.25, 0.3) is 5.69 Å². The molecule has 0 radical (unpaired) electrons. The Balaban J connectivity index is 1.90. The minimum atomic E-state index is -1.04. The van der Waals surface area contributed by atoms with Gasteiger partial charge < -0.3 is 0 Å². The minimum absolute atomic E-state index is 0.144. The van der Waals surface area contributed by atoms with Crippen molar-refractivity contribution in [3.05, 3.63) is 88.2 Å². The van der Waals surface area contributed by atoms with E-state index in [2.05, 4.69) is 4.98 Å². The highest BCUT2D eigenvalue weighted by Crippen LogP contribution is 2.20. The Hall–Kier alpha value is -2.54. The van der Waals surface area contributed by atoms with Crippen molar-refractivity contribution in [3.8, 4) is 5.69 Å². The number of hydrogen-bond donors (Lipinski definition) is 0. The molecule has 3 rings (SSSR count). The van der Waals surface area contributed by atoms with E-state index in [9.17, 15) is 18.0 Å². The third kappa shape index (κ3) is 3.35. The molecule has 0 unspecified atom stereocenters. The molecule has 0 aliphatic carbocycles. The number of hydrogen-bond acceptors (Lipinski definition) is 3. The lowest BCUT2D eigenvalue weighted by molar-refractivity contribution is 0.507. The predicted molar refractivity (Wildman–Crippen MR) is 85.7 cm³/mol. The van der Waals surface area contributed by atoms with Gasteiger partial charge in [0.1, 0.15) is 5.82 Å². The van der Waals surface area contributed by atoms with Gasteiger partial charge in [-0.05, 0) is 23.8 Å². The minimum Gasteiger partial charge on any atom is -0.280 e. The number of nitrogens with zero attached hydrogens (tertiary/aromatic N) is 2. The molecule has 7 heteroatoms. The molecule has 0 atom stereocenters. The van der Waals surface area contributed by atoms with Crippen LogP contribution in [0.3, 0.4) is 0 Å². The predicted octanol–water partition coefficient (Wildman–Crippen LogP) is 3.94. The van der Waals surface area contributed by atoms with Crippen molar-refractivity contribution in [2.24, 2.45) is 0 Å². The molecule has 0 aliphatic heterocycles. The summed E-state index contributed by atoms with van der Waals surface area (Å²) in [5.74, 6) is -2.16. The molecule has 0 fully saturated rings. The van der Waals surface area contributed by atoms with E-state index in [1.54, 1.807) is 18.2 Å². The van der Waals surface area contributed by atoms with Crippen molar-refractivity contribution >= 4 is 11.8 Å². The van der Waals surface area contributed by atoms with Gasteiger partial charge in [-0.1, -0.05) is 30.0 Å². The second-order valence-electron chi connectivity index (χ2n) is 4.89. The van der Waals surface area contributed by atoms with E-state index < -0.39 is 17.2 Å². The van der Waals surface area contributed by atoms with Crippen LogP contribution < -0.4 is 5.56 Å². The zero-order chi connectivity index (χ0) is 17.1. The quantitative estimate of drug-likeness (QED) is 0.670. The van der Waals surface area contributed by atoms with Gasteiger partial charge in [0.05, 0.1) is 5.69 Å². The molecular weight excluding hydrogens is 337 g/mol. The molecule has 3 aromatic rings. The van der Waals surface area contributed by atoms with Gasteiger partial charge in [-0.15, -0.1) is 0 Å². The molecule has 1 aromatic heterocycles. The van der Waals surface area contributed by atoms with Crippen LogP contribution in [0.5, 0.6) is 0 Å². The molecule has 0 bridgehead atoms. The summed E-state index contributed by atoms with van der Waals surface area (Å²) >= 11 is 1.08. The van der Waals surface area contributed by atoms with Crippen LogP contribution in [0, 0.1) is 17.5 Å². The highest BCUT2D eigenvalue weighted by Gasteiger charge is 2.11. The van der Waals surface area contributed by atoms with E-state index in [-0.39, 0.29) is 22.3 Å². The monoisotopic (exact) mass is 348 g/mol. The Morgan fingerprint density at radius 3 is 2.54 bits per heavy atom. The number of thioether (sulfide) groups is 1. The summed E-state index contributed by atoms with van der Waals surface area (Å²) < 4.78 is 41.2. The first kappa shape index (κ1) is 16.3. The summed E-state index contributed by atoms with van der Waals surface area (Å²) in [6.45, 7) is 0. The van der Waals surface area contributed by atoms with Gasteiger partial charge in [0.2, 0.25) is 0 Å². The first-order valence-electron chi connectivity index (χ1n) is 6.95. The molecule has 2 aromatic carbocycles. The van der Waals surface area contributed by atoms with Crippen molar-refractivity contribution in [3.63, 3.8) is 0 Å². The molecule has 122 valence electrons. The van der Waals surface area contributed by atoms with Gasteiger partial charge >= 0.3 is 0 Å². The number of halogens is 3. The third-order valence-electron chi connectivity index (χ3n) is 3.31. The lowest BCUT2D eigenvalue weighted by atomic mass is 10.2. The molecule has 24 heavy (non-hydrogen) atoms. The standard InChI is InChI=1S/C17H11F3N2OS/c18-13-4-2-1-3-11(13)10-24-16-17(23)22(8-7-21-16)12-5-6-14(19)15(20)9-12/h1-9H,10H2. The largest absolute Gasteiger partial charge is 0.287 e. The van der Waals surface area contributed by atoms with Crippen LogP contribution in [0.4, 0.5) is 13.2 Å². The van der Waals surface area contributed by atoms with E-state index in [4.69, 9.17) is 0 Å². The fourth-order valence-electron chi connectivity index (χ4n) is 2.09. The lowest BCUT2D eigenvalue weighted by Gasteiger charge is -2.08. The van der Waals surface area contributed by atoms with Gasteiger partial charge in [0.25, 0.3) is 5.56 Å². The fraction of sp³-hybridized carbons (Fsp3) is 0.0588. The second kappa shape index (κ2) is 6.92. The van der Waals surface area contributed by atoms with E-state index in [0.717, 1.165) is 23.9 Å². The molecule has 0 aliphatic rings. The Morgan fingerprint density at radius 2 is 1.79 bits per heavy atom. The summed E-state index contributed by atoms with van der Waals surface area (Å²) in [6.07, 6.45) is 2.74. The SMILES string of the molecule is O=c1c(SCc2ccccc2F)nccn1-c1ccc(F)c(F)c1. The maximum atomic E-state index is 13.6. The maximum Gasteiger partial charge on any atom is 0.287 e. The van der Waals surface area contributed by atoms with Gasteiger partial charge in [0.15, 0.2) is 16.7 Å². The average molecular weight is 348 g/mol. The Kier molecular flexibility index (Phi) is 4.71. The molecule has 0 N–H and O–H groups in total. The Bertz CT molecular complexity index is 943. The van der Waals surface area contributed by atoms with E-state index in [1.165, 1.54) is 29.1 Å². The molecule has 0 amide bonds. The molecule has 0 spiro atoms. The van der Waals surface area contributed by atoms with Crippen LogP contribution in [0.1, 0.15) is 5.56 Å². The van der Waals surface area contributed by atoms with Gasteiger partial charge in [-0.2, -0.15) is 0 Å². The van der Waals surface area contributed by atoms with Crippen LogP contribution in [0.15, 0.2) is 64.7 Å². The van der Waals surface area contributed by atoms with Crippen molar-refractivity contribution in [2.75, 3.05) is 0 Å². The molecule has 3 nitrogen and oxygen atoms in total. The average Bonchev–Trinajstić information content (AvgIpc) is 2.58. The highest BCUT2D eigenvalue weighted by atomic mass is 32.2. The second-order valence-corrected chi connectivity index (χ2v) is 5.85. The van der Waals surface area contributed by atoms with E-state index in [0.29, 0.717) is 5.56 Å². The summed E-state index contributed by atoms with van der Waals surface area (Å²) in [7, 11) is 0. The summed E-state index contributed by atoms with van der Waals surface area (Å²) in [6, 6.07) is 9.43. The normalized spacial score (nSPS) is 10.8. The van der Waals surface area contributed by atoms with Gasteiger partial charge in [-0.3, -0.25) is 9.36 Å². The topological polar surface area (TPSA) is 34.9 Å². The van der Waals surface area contributed by atoms with Gasteiger partial charge in [0, 0.05) is 24.2 Å². The van der Waals surface area contributed by atoms with E-state index in [1.807, 2.05) is 0 Å². The zero-order valence-corrected chi connectivity index (χ0v) is 13.1. The van der Waals surface area contributed by atoms with Crippen molar-refractivity contribution in [1.82, 2.24) is 9.55 Å². The molecule has 1 heterocycles.